The van der Waals surface area contributed by atoms with Crippen molar-refractivity contribution in [1.29, 1.82) is 0 Å². The second-order valence-corrected chi connectivity index (χ2v) is 6.46. The highest BCUT2D eigenvalue weighted by molar-refractivity contribution is 6.30. The number of anilines is 2. The number of halogens is 1. The molecule has 0 unspecified atom stereocenters. The molecule has 0 spiro atoms. The Morgan fingerprint density at radius 2 is 1.70 bits per heavy atom. The summed E-state index contributed by atoms with van der Waals surface area (Å²) in [5.41, 5.74) is 5.64. The second-order valence-electron chi connectivity index (χ2n) is 6.03. The van der Waals surface area contributed by atoms with Gasteiger partial charge in [-0.25, -0.2) is 4.79 Å². The van der Waals surface area contributed by atoms with Crippen molar-refractivity contribution in [1.82, 2.24) is 9.13 Å². The molecule has 2 aromatic rings. The van der Waals surface area contributed by atoms with Crippen LogP contribution in [0.25, 0.3) is 6.08 Å². The Morgan fingerprint density at radius 1 is 1.11 bits per heavy atom. The normalized spacial score (nSPS) is 11.1. The number of benzene rings is 1. The van der Waals surface area contributed by atoms with Gasteiger partial charge in [-0.05, 0) is 36.6 Å². The van der Waals surface area contributed by atoms with Gasteiger partial charge < -0.3 is 11.1 Å². The first-order valence-corrected chi connectivity index (χ1v) is 9.14. The maximum Gasteiger partial charge on any atom is 0.332 e. The van der Waals surface area contributed by atoms with Crippen molar-refractivity contribution in [2.24, 2.45) is 0 Å². The minimum Gasteiger partial charge on any atom is -0.383 e. The number of rotatable bonds is 7. The van der Waals surface area contributed by atoms with Gasteiger partial charge in [0.1, 0.15) is 11.5 Å². The third-order valence-corrected chi connectivity index (χ3v) is 4.16. The first kappa shape index (κ1) is 20.5. The van der Waals surface area contributed by atoms with E-state index < -0.39 is 17.2 Å². The summed E-state index contributed by atoms with van der Waals surface area (Å²) in [4.78, 5) is 37.4. The molecule has 0 atom stereocenters. The molecule has 0 saturated heterocycles. The first-order valence-electron chi connectivity index (χ1n) is 8.76. The topological polar surface area (TPSA) is 99.1 Å². The lowest BCUT2D eigenvalue weighted by Crippen LogP contribution is -2.42. The largest absolute Gasteiger partial charge is 0.383 e. The Labute approximate surface area is 162 Å². The number of nitrogens with two attached hydrogens (primary N) is 1. The Kier molecular flexibility index (Phi) is 7.01. The summed E-state index contributed by atoms with van der Waals surface area (Å²) in [6.07, 6.45) is 4.16. The monoisotopic (exact) mass is 390 g/mol. The Bertz CT molecular complexity index is 959. The van der Waals surface area contributed by atoms with Crippen molar-refractivity contribution in [3.63, 3.8) is 0 Å². The van der Waals surface area contributed by atoms with Crippen molar-refractivity contribution >= 4 is 35.1 Å². The van der Waals surface area contributed by atoms with Gasteiger partial charge in [0.2, 0.25) is 5.91 Å². The molecule has 3 N–H and O–H groups in total. The number of carbonyl (C=O) groups excluding carboxylic acids is 1. The van der Waals surface area contributed by atoms with Crippen LogP contribution in [0.15, 0.2) is 39.9 Å². The number of hydrogen-bond acceptors (Lipinski definition) is 4. The van der Waals surface area contributed by atoms with Crippen LogP contribution in [0.4, 0.5) is 11.5 Å². The summed E-state index contributed by atoms with van der Waals surface area (Å²) in [5, 5.41) is 3.11. The molecule has 27 heavy (non-hydrogen) atoms. The average Bonchev–Trinajstić information content (AvgIpc) is 2.65. The van der Waals surface area contributed by atoms with E-state index in [2.05, 4.69) is 5.32 Å². The predicted octanol–water partition coefficient (Wildman–Crippen LogP) is 2.72. The molecule has 0 radical (unpaired) electrons. The van der Waals surface area contributed by atoms with E-state index >= 15 is 0 Å². The molecule has 0 bridgehead atoms. The summed E-state index contributed by atoms with van der Waals surface area (Å²) in [5.74, 6) is -0.550. The molecule has 1 heterocycles. The predicted molar refractivity (Wildman–Crippen MR) is 109 cm³/mol. The van der Waals surface area contributed by atoms with Crippen molar-refractivity contribution < 1.29 is 4.79 Å². The van der Waals surface area contributed by atoms with Crippen LogP contribution in [0.2, 0.25) is 5.02 Å². The van der Waals surface area contributed by atoms with Crippen molar-refractivity contribution in [3.8, 4) is 0 Å². The van der Waals surface area contributed by atoms with Gasteiger partial charge in [-0.2, -0.15) is 0 Å². The van der Waals surface area contributed by atoms with E-state index in [1.54, 1.807) is 30.3 Å². The zero-order chi connectivity index (χ0) is 20.0. The lowest BCUT2D eigenvalue weighted by atomic mass is 10.2. The Morgan fingerprint density at radius 3 is 2.30 bits per heavy atom. The van der Waals surface area contributed by atoms with Gasteiger partial charge in [-0.3, -0.25) is 18.7 Å². The fourth-order valence-corrected chi connectivity index (χ4v) is 2.73. The fourth-order valence-electron chi connectivity index (χ4n) is 2.60. The van der Waals surface area contributed by atoms with Gasteiger partial charge >= 0.3 is 5.69 Å². The summed E-state index contributed by atoms with van der Waals surface area (Å²) in [7, 11) is 0. The summed E-state index contributed by atoms with van der Waals surface area (Å²) >= 11 is 5.83. The average molecular weight is 391 g/mol. The number of aromatic nitrogens is 2. The molecule has 2 rings (SSSR count). The molecule has 0 aliphatic rings. The van der Waals surface area contributed by atoms with Gasteiger partial charge in [0, 0.05) is 24.2 Å². The molecule has 0 saturated carbocycles. The molecule has 1 aromatic carbocycles. The zero-order valence-corrected chi connectivity index (χ0v) is 16.1. The van der Waals surface area contributed by atoms with E-state index in [9.17, 15) is 14.4 Å². The van der Waals surface area contributed by atoms with Gasteiger partial charge in [0.25, 0.3) is 5.56 Å². The molecule has 8 heteroatoms. The standard InChI is InChI=1S/C19H23ClN4O3/c1-3-11-23-17(21)16(18(26)24(12-4-2)19(23)27)22-15(25)10-7-13-5-8-14(20)9-6-13/h5-10H,3-4,11-12,21H2,1-2H3,(H,22,25)/b10-7+. The molecule has 144 valence electrons. The zero-order valence-electron chi connectivity index (χ0n) is 15.4. The van der Waals surface area contributed by atoms with Crippen LogP contribution < -0.4 is 22.3 Å². The number of hydrogen-bond donors (Lipinski definition) is 2. The number of carbonyl (C=O) groups is 1. The van der Waals surface area contributed by atoms with Crippen LogP contribution in [0.3, 0.4) is 0 Å². The maximum absolute atomic E-state index is 12.6. The van der Waals surface area contributed by atoms with Crippen LogP contribution in [-0.4, -0.2) is 15.0 Å². The van der Waals surface area contributed by atoms with Crippen LogP contribution in [-0.2, 0) is 17.9 Å². The second kappa shape index (κ2) is 9.23. The Hall–Kier alpha value is -2.80. The van der Waals surface area contributed by atoms with Gasteiger partial charge in [-0.1, -0.05) is 37.6 Å². The minimum atomic E-state index is -0.597. The van der Waals surface area contributed by atoms with E-state index in [0.717, 1.165) is 10.1 Å². The molecule has 0 fully saturated rings. The van der Waals surface area contributed by atoms with E-state index in [4.69, 9.17) is 17.3 Å². The SMILES string of the molecule is CCCn1c(N)c(NC(=O)/C=C/c2ccc(Cl)cc2)c(=O)n(CCC)c1=O. The molecule has 0 aliphatic heterocycles. The highest BCUT2D eigenvalue weighted by Crippen LogP contribution is 2.13. The highest BCUT2D eigenvalue weighted by atomic mass is 35.5. The smallest absolute Gasteiger partial charge is 0.332 e. The van der Waals surface area contributed by atoms with Crippen molar-refractivity contribution in [2.75, 3.05) is 11.1 Å². The first-order chi connectivity index (χ1) is 12.9. The van der Waals surface area contributed by atoms with Gasteiger partial charge in [0.05, 0.1) is 0 Å². The van der Waals surface area contributed by atoms with Crippen molar-refractivity contribution in [2.45, 2.75) is 39.8 Å². The molecule has 1 aromatic heterocycles. The molecule has 0 aliphatic carbocycles. The highest BCUT2D eigenvalue weighted by Gasteiger charge is 2.17. The van der Waals surface area contributed by atoms with E-state index in [-0.39, 0.29) is 18.1 Å². The van der Waals surface area contributed by atoms with Gasteiger partial charge in [0.15, 0.2) is 0 Å². The number of nitrogen functional groups attached to an aromatic ring is 1. The lowest BCUT2D eigenvalue weighted by molar-refractivity contribution is -0.111. The quantitative estimate of drug-likeness (QED) is 0.710. The maximum atomic E-state index is 12.6. The van der Waals surface area contributed by atoms with E-state index in [0.29, 0.717) is 24.4 Å². The van der Waals surface area contributed by atoms with Crippen LogP contribution in [0.1, 0.15) is 32.3 Å². The number of amides is 1. The number of nitrogens with one attached hydrogen (secondary N) is 1. The Balaban J connectivity index is 2.36. The minimum absolute atomic E-state index is 0.0348. The molecular formula is C19H23ClN4O3. The summed E-state index contributed by atoms with van der Waals surface area (Å²) < 4.78 is 2.42. The molecular weight excluding hydrogens is 368 g/mol. The third-order valence-electron chi connectivity index (χ3n) is 3.91. The summed E-state index contributed by atoms with van der Waals surface area (Å²) in [6.45, 7) is 4.37. The molecule has 1 amide bonds. The van der Waals surface area contributed by atoms with Crippen LogP contribution in [0, 0.1) is 0 Å². The van der Waals surface area contributed by atoms with Gasteiger partial charge in [-0.15, -0.1) is 0 Å². The third kappa shape index (κ3) is 4.89. The summed E-state index contributed by atoms with van der Waals surface area (Å²) in [6, 6.07) is 6.94. The lowest BCUT2D eigenvalue weighted by Gasteiger charge is -2.16. The van der Waals surface area contributed by atoms with Crippen LogP contribution >= 0.6 is 11.6 Å². The van der Waals surface area contributed by atoms with Crippen LogP contribution in [0.5, 0.6) is 0 Å². The van der Waals surface area contributed by atoms with E-state index in [1.807, 2.05) is 13.8 Å². The number of nitrogens with zero attached hydrogens (tertiary/aromatic N) is 2. The molecule has 7 nitrogen and oxygen atoms in total. The van der Waals surface area contributed by atoms with Crippen molar-refractivity contribution in [3.05, 3.63) is 61.8 Å². The van der Waals surface area contributed by atoms with E-state index in [1.165, 1.54) is 10.6 Å². The fraction of sp³-hybridized carbons (Fsp3) is 0.316.